The summed E-state index contributed by atoms with van der Waals surface area (Å²) in [4.78, 5) is 35.8. The van der Waals surface area contributed by atoms with Gasteiger partial charge >= 0.3 is 6.03 Å². The highest BCUT2D eigenvalue weighted by Gasteiger charge is 2.25. The van der Waals surface area contributed by atoms with Gasteiger partial charge in [-0.2, -0.15) is 0 Å². The van der Waals surface area contributed by atoms with Crippen molar-refractivity contribution in [2.45, 2.75) is 45.7 Å². The second-order valence-corrected chi connectivity index (χ2v) is 8.41. The quantitative estimate of drug-likeness (QED) is 0.636. The summed E-state index contributed by atoms with van der Waals surface area (Å²) < 4.78 is 2.11. The molecule has 3 aromatic heterocycles. The second kappa shape index (κ2) is 8.61. The molecule has 2 aliphatic rings. The van der Waals surface area contributed by atoms with E-state index < -0.39 is 0 Å². The van der Waals surface area contributed by atoms with E-state index in [4.69, 9.17) is 0 Å². The summed E-state index contributed by atoms with van der Waals surface area (Å²) in [6, 6.07) is 7.42. The molecule has 0 radical (unpaired) electrons. The van der Waals surface area contributed by atoms with Crippen molar-refractivity contribution in [1.29, 1.82) is 0 Å². The van der Waals surface area contributed by atoms with Gasteiger partial charge in [0.2, 0.25) is 0 Å². The number of pyridine rings is 2. The van der Waals surface area contributed by atoms with Crippen LogP contribution in [0.25, 0.3) is 11.5 Å². The Bertz CT molecular complexity index is 1220. The van der Waals surface area contributed by atoms with Crippen LogP contribution in [0.5, 0.6) is 0 Å². The van der Waals surface area contributed by atoms with Gasteiger partial charge in [0.1, 0.15) is 23.0 Å². The lowest BCUT2D eigenvalue weighted by atomic mass is 10.0. The van der Waals surface area contributed by atoms with E-state index in [9.17, 15) is 9.59 Å². The van der Waals surface area contributed by atoms with Gasteiger partial charge < -0.3 is 20.1 Å². The van der Waals surface area contributed by atoms with E-state index in [0.29, 0.717) is 49.4 Å². The Morgan fingerprint density at radius 1 is 1.18 bits per heavy atom. The first kappa shape index (κ1) is 21.0. The summed E-state index contributed by atoms with van der Waals surface area (Å²) in [5, 5.41) is 14.2. The van der Waals surface area contributed by atoms with E-state index in [0.717, 1.165) is 29.8 Å². The standard InChI is InChI=1S/C23H26N8O2/c1-3-24-23(33)30-10-9-15-12-25-18(11-16(15)13-30)22(32)27-19-6-4-5-17(26-19)21-29-28-20-8-7-14(2)31(20)21/h4-6,11-12,14H,3,7-10,13H2,1-2H3,(H,24,33)(H,26,27,32)/t14-/m1/s1. The lowest BCUT2D eigenvalue weighted by Crippen LogP contribution is -2.42. The monoisotopic (exact) mass is 446 g/mol. The topological polar surface area (TPSA) is 118 Å². The minimum absolute atomic E-state index is 0.0961. The molecule has 2 aliphatic heterocycles. The Hall–Kier alpha value is -3.82. The predicted octanol–water partition coefficient (Wildman–Crippen LogP) is 2.58. The molecule has 33 heavy (non-hydrogen) atoms. The first-order valence-corrected chi connectivity index (χ1v) is 11.3. The summed E-state index contributed by atoms with van der Waals surface area (Å²) in [6.45, 7) is 5.70. The predicted molar refractivity (Wildman–Crippen MR) is 122 cm³/mol. The third kappa shape index (κ3) is 4.04. The number of hydrogen-bond donors (Lipinski definition) is 2. The molecule has 3 amide bonds. The first-order valence-electron chi connectivity index (χ1n) is 11.3. The second-order valence-electron chi connectivity index (χ2n) is 8.41. The van der Waals surface area contributed by atoms with E-state index in [-0.39, 0.29) is 17.6 Å². The van der Waals surface area contributed by atoms with Gasteiger partial charge in [-0.1, -0.05) is 6.07 Å². The summed E-state index contributed by atoms with van der Waals surface area (Å²) >= 11 is 0. The van der Waals surface area contributed by atoms with Gasteiger partial charge in [0.25, 0.3) is 5.91 Å². The van der Waals surface area contributed by atoms with Gasteiger partial charge in [-0.15, -0.1) is 10.2 Å². The minimum atomic E-state index is -0.350. The van der Waals surface area contributed by atoms with Crippen LogP contribution in [0.3, 0.4) is 0 Å². The number of hydrogen-bond acceptors (Lipinski definition) is 6. The first-order chi connectivity index (χ1) is 16.0. The highest BCUT2D eigenvalue weighted by Crippen LogP contribution is 2.30. The maximum Gasteiger partial charge on any atom is 0.317 e. The van der Waals surface area contributed by atoms with Gasteiger partial charge in [-0.25, -0.2) is 9.78 Å². The number of fused-ring (bicyclic) bond motifs is 2. The Morgan fingerprint density at radius 2 is 2.06 bits per heavy atom. The third-order valence-electron chi connectivity index (χ3n) is 6.16. The van der Waals surface area contributed by atoms with Crippen molar-refractivity contribution < 1.29 is 9.59 Å². The molecule has 0 bridgehead atoms. The van der Waals surface area contributed by atoms with Crippen LogP contribution in [-0.2, 0) is 19.4 Å². The summed E-state index contributed by atoms with van der Waals surface area (Å²) in [6.07, 6.45) is 4.39. The molecule has 0 unspecified atom stereocenters. The van der Waals surface area contributed by atoms with Gasteiger partial charge in [0, 0.05) is 38.3 Å². The SMILES string of the molecule is CCNC(=O)N1CCc2cnc(C(=O)Nc3cccc(-c4nnc5n4[C@H](C)CC5)n3)cc2C1. The molecule has 3 aromatic rings. The molecule has 0 aromatic carbocycles. The van der Waals surface area contributed by atoms with Crippen molar-refractivity contribution in [2.75, 3.05) is 18.4 Å². The fourth-order valence-electron chi connectivity index (χ4n) is 4.41. The smallest absolute Gasteiger partial charge is 0.317 e. The lowest BCUT2D eigenvalue weighted by molar-refractivity contribution is 0.102. The summed E-state index contributed by atoms with van der Waals surface area (Å²) in [7, 11) is 0. The van der Waals surface area contributed by atoms with Gasteiger partial charge in [0.05, 0.1) is 0 Å². The molecule has 0 saturated carbocycles. The van der Waals surface area contributed by atoms with Crippen LogP contribution in [0.2, 0.25) is 0 Å². The van der Waals surface area contributed by atoms with E-state index in [1.165, 1.54) is 0 Å². The Morgan fingerprint density at radius 3 is 2.91 bits per heavy atom. The molecule has 5 heterocycles. The number of aromatic nitrogens is 5. The van der Waals surface area contributed by atoms with E-state index in [2.05, 4.69) is 42.3 Å². The number of anilines is 1. The van der Waals surface area contributed by atoms with Crippen LogP contribution >= 0.6 is 0 Å². The third-order valence-corrected chi connectivity index (χ3v) is 6.16. The molecule has 170 valence electrons. The highest BCUT2D eigenvalue weighted by atomic mass is 16.2. The molecule has 0 aliphatic carbocycles. The van der Waals surface area contributed by atoms with Crippen molar-refractivity contribution in [2.24, 2.45) is 0 Å². The maximum atomic E-state index is 12.9. The molecule has 0 spiro atoms. The molecule has 5 rings (SSSR count). The molecular weight excluding hydrogens is 420 g/mol. The van der Waals surface area contributed by atoms with Crippen molar-refractivity contribution in [3.8, 4) is 11.5 Å². The van der Waals surface area contributed by atoms with Crippen molar-refractivity contribution in [1.82, 2.24) is 34.9 Å². The number of amides is 3. The van der Waals surface area contributed by atoms with Crippen molar-refractivity contribution in [3.05, 3.63) is 53.1 Å². The number of aryl methyl sites for hydroxylation is 1. The van der Waals surface area contributed by atoms with Gasteiger partial charge in [-0.3, -0.25) is 9.78 Å². The van der Waals surface area contributed by atoms with Crippen LogP contribution in [0.4, 0.5) is 10.6 Å². The number of nitrogens with zero attached hydrogens (tertiary/aromatic N) is 6. The molecule has 0 fully saturated rings. The zero-order chi connectivity index (χ0) is 22.9. The normalized spacial score (nSPS) is 16.8. The zero-order valence-corrected chi connectivity index (χ0v) is 18.7. The fourth-order valence-corrected chi connectivity index (χ4v) is 4.41. The highest BCUT2D eigenvalue weighted by molar-refractivity contribution is 6.02. The summed E-state index contributed by atoms with van der Waals surface area (Å²) in [5.41, 5.74) is 2.94. The maximum absolute atomic E-state index is 12.9. The zero-order valence-electron chi connectivity index (χ0n) is 18.7. The molecule has 2 N–H and O–H groups in total. The molecule has 1 atom stereocenters. The van der Waals surface area contributed by atoms with Crippen molar-refractivity contribution >= 4 is 17.8 Å². The minimum Gasteiger partial charge on any atom is -0.338 e. The number of urea groups is 1. The van der Waals surface area contributed by atoms with E-state index >= 15 is 0 Å². The number of carbonyl (C=O) groups excluding carboxylic acids is 2. The number of nitrogens with one attached hydrogen (secondary N) is 2. The number of rotatable bonds is 4. The van der Waals surface area contributed by atoms with Crippen LogP contribution in [0.1, 0.15) is 53.7 Å². The molecule has 10 heteroatoms. The average Bonchev–Trinajstić information content (AvgIpc) is 3.41. The van der Waals surface area contributed by atoms with Crippen molar-refractivity contribution in [3.63, 3.8) is 0 Å². The van der Waals surface area contributed by atoms with Crippen LogP contribution in [0.15, 0.2) is 30.5 Å². The van der Waals surface area contributed by atoms with E-state index in [1.54, 1.807) is 23.2 Å². The average molecular weight is 447 g/mol. The van der Waals surface area contributed by atoms with Crippen LogP contribution < -0.4 is 10.6 Å². The summed E-state index contributed by atoms with van der Waals surface area (Å²) in [5.74, 6) is 1.75. The van der Waals surface area contributed by atoms with E-state index in [1.807, 2.05) is 19.1 Å². The van der Waals surface area contributed by atoms with Crippen LogP contribution in [-0.4, -0.2) is 54.7 Å². The van der Waals surface area contributed by atoms with Gasteiger partial charge in [0.15, 0.2) is 5.82 Å². The lowest BCUT2D eigenvalue weighted by Gasteiger charge is -2.28. The van der Waals surface area contributed by atoms with Gasteiger partial charge in [-0.05, 0) is 56.0 Å². The fraction of sp³-hybridized carbons (Fsp3) is 0.391. The molecule has 10 nitrogen and oxygen atoms in total. The Labute approximate surface area is 191 Å². The molecular formula is C23H26N8O2. The Kier molecular flexibility index (Phi) is 5.49. The Balaban J connectivity index is 1.33. The van der Waals surface area contributed by atoms with Crippen LogP contribution in [0, 0.1) is 0 Å². The molecule has 0 saturated heterocycles. The largest absolute Gasteiger partial charge is 0.338 e. The number of carbonyl (C=O) groups is 2.